The number of carbonyl (C=O) groups is 1. The van der Waals surface area contributed by atoms with Gasteiger partial charge in [-0.1, -0.05) is 24.3 Å². The van der Waals surface area contributed by atoms with E-state index in [0.717, 1.165) is 31.4 Å². The first kappa shape index (κ1) is 17.0. The smallest absolute Gasteiger partial charge is 0.223 e. The minimum Gasteiger partial charge on any atom is -0.352 e. The van der Waals surface area contributed by atoms with Gasteiger partial charge in [0, 0.05) is 31.1 Å². The topological polar surface area (TPSA) is 58.4 Å². The van der Waals surface area contributed by atoms with Crippen LogP contribution in [0.5, 0.6) is 0 Å². The van der Waals surface area contributed by atoms with Crippen LogP contribution in [0.1, 0.15) is 44.2 Å². The molecule has 4 heteroatoms. The molecule has 2 unspecified atom stereocenters. The lowest BCUT2D eigenvalue weighted by molar-refractivity contribution is -0.125. The number of hydrogen-bond donors (Lipinski definition) is 2. The molecule has 0 aliphatic heterocycles. The summed E-state index contributed by atoms with van der Waals surface area (Å²) >= 11 is 0. The minimum atomic E-state index is 0.102. The zero-order valence-electron chi connectivity index (χ0n) is 14.0. The van der Waals surface area contributed by atoms with E-state index in [9.17, 15) is 4.79 Å². The van der Waals surface area contributed by atoms with E-state index in [1.54, 1.807) is 0 Å². The van der Waals surface area contributed by atoms with Gasteiger partial charge in [0.2, 0.25) is 5.91 Å². The Morgan fingerprint density at radius 1 is 1.36 bits per heavy atom. The SMILES string of the molecule is CC(C)N(C)Cc1cccc(CNC(=O)C2CCC(N)C2)c1. The lowest BCUT2D eigenvalue weighted by Gasteiger charge is -2.21. The maximum atomic E-state index is 12.1. The molecule has 3 N–H and O–H groups in total. The van der Waals surface area contributed by atoms with E-state index in [4.69, 9.17) is 5.73 Å². The van der Waals surface area contributed by atoms with Crippen LogP contribution in [-0.2, 0) is 17.9 Å². The van der Waals surface area contributed by atoms with Crippen molar-refractivity contribution in [2.45, 2.75) is 58.3 Å². The molecular formula is C18H29N3O. The first-order valence-corrected chi connectivity index (χ1v) is 8.27. The third kappa shape index (κ3) is 4.82. The van der Waals surface area contributed by atoms with Crippen LogP contribution in [0.25, 0.3) is 0 Å². The van der Waals surface area contributed by atoms with Gasteiger partial charge in [-0.3, -0.25) is 9.69 Å². The molecule has 0 aromatic heterocycles. The van der Waals surface area contributed by atoms with Gasteiger partial charge in [0.05, 0.1) is 0 Å². The highest BCUT2D eigenvalue weighted by molar-refractivity contribution is 5.79. The zero-order chi connectivity index (χ0) is 16.1. The number of nitrogens with one attached hydrogen (secondary N) is 1. The summed E-state index contributed by atoms with van der Waals surface area (Å²) in [6.45, 7) is 5.91. The molecule has 122 valence electrons. The second-order valence-electron chi connectivity index (χ2n) is 6.82. The van der Waals surface area contributed by atoms with E-state index < -0.39 is 0 Å². The third-order valence-electron chi connectivity index (χ3n) is 4.62. The van der Waals surface area contributed by atoms with Crippen molar-refractivity contribution in [1.29, 1.82) is 0 Å². The number of nitrogens with zero attached hydrogens (tertiary/aromatic N) is 1. The Hall–Kier alpha value is -1.39. The average Bonchev–Trinajstić information content (AvgIpc) is 2.91. The van der Waals surface area contributed by atoms with E-state index in [2.05, 4.69) is 55.4 Å². The van der Waals surface area contributed by atoms with Crippen LogP contribution in [0.4, 0.5) is 0 Å². The molecule has 1 aromatic carbocycles. The summed E-state index contributed by atoms with van der Waals surface area (Å²) in [5.41, 5.74) is 8.32. The fraction of sp³-hybridized carbons (Fsp3) is 0.611. The van der Waals surface area contributed by atoms with E-state index in [0.29, 0.717) is 12.6 Å². The van der Waals surface area contributed by atoms with Crippen molar-refractivity contribution < 1.29 is 4.79 Å². The number of hydrogen-bond acceptors (Lipinski definition) is 3. The van der Waals surface area contributed by atoms with Crippen molar-refractivity contribution in [2.24, 2.45) is 11.7 Å². The Morgan fingerprint density at radius 2 is 2.09 bits per heavy atom. The molecule has 1 fully saturated rings. The van der Waals surface area contributed by atoms with Gasteiger partial charge >= 0.3 is 0 Å². The molecule has 0 bridgehead atoms. The molecule has 1 amide bonds. The monoisotopic (exact) mass is 303 g/mol. The van der Waals surface area contributed by atoms with E-state index >= 15 is 0 Å². The Labute approximate surface area is 134 Å². The van der Waals surface area contributed by atoms with Crippen LogP contribution in [0.15, 0.2) is 24.3 Å². The first-order valence-electron chi connectivity index (χ1n) is 8.27. The van der Waals surface area contributed by atoms with Crippen LogP contribution < -0.4 is 11.1 Å². The van der Waals surface area contributed by atoms with Crippen molar-refractivity contribution in [3.8, 4) is 0 Å². The second kappa shape index (κ2) is 7.75. The Bertz CT molecular complexity index is 501. The molecule has 0 heterocycles. The Morgan fingerprint density at radius 3 is 2.73 bits per heavy atom. The molecule has 0 spiro atoms. The number of benzene rings is 1. The molecule has 4 nitrogen and oxygen atoms in total. The maximum Gasteiger partial charge on any atom is 0.223 e. The van der Waals surface area contributed by atoms with Gasteiger partial charge in [-0.25, -0.2) is 0 Å². The molecule has 1 aromatic rings. The van der Waals surface area contributed by atoms with E-state index in [-0.39, 0.29) is 17.9 Å². The van der Waals surface area contributed by atoms with Crippen molar-refractivity contribution >= 4 is 5.91 Å². The summed E-state index contributed by atoms with van der Waals surface area (Å²) in [5.74, 6) is 0.253. The van der Waals surface area contributed by atoms with Crippen molar-refractivity contribution in [3.63, 3.8) is 0 Å². The third-order valence-corrected chi connectivity index (χ3v) is 4.62. The molecule has 1 saturated carbocycles. The maximum absolute atomic E-state index is 12.1. The molecule has 1 aliphatic carbocycles. The number of amides is 1. The molecule has 2 atom stereocenters. The molecule has 22 heavy (non-hydrogen) atoms. The van der Waals surface area contributed by atoms with Gasteiger partial charge in [0.1, 0.15) is 0 Å². The summed E-state index contributed by atoms with van der Waals surface area (Å²) in [7, 11) is 2.13. The van der Waals surface area contributed by atoms with Gasteiger partial charge in [-0.2, -0.15) is 0 Å². The minimum absolute atomic E-state index is 0.102. The molecular weight excluding hydrogens is 274 g/mol. The lowest BCUT2D eigenvalue weighted by atomic mass is 10.1. The number of rotatable bonds is 6. The fourth-order valence-electron chi connectivity index (χ4n) is 2.90. The summed E-state index contributed by atoms with van der Waals surface area (Å²) in [6, 6.07) is 9.18. The summed E-state index contributed by atoms with van der Waals surface area (Å²) < 4.78 is 0. The van der Waals surface area contributed by atoms with Gasteiger partial charge in [0.25, 0.3) is 0 Å². The first-order chi connectivity index (χ1) is 10.5. The lowest BCUT2D eigenvalue weighted by Crippen LogP contribution is -2.30. The van der Waals surface area contributed by atoms with E-state index in [1.165, 1.54) is 5.56 Å². The zero-order valence-corrected chi connectivity index (χ0v) is 14.0. The average molecular weight is 303 g/mol. The van der Waals surface area contributed by atoms with Crippen molar-refractivity contribution in [1.82, 2.24) is 10.2 Å². The summed E-state index contributed by atoms with van der Waals surface area (Å²) in [5, 5.41) is 3.06. The molecule has 0 saturated heterocycles. The quantitative estimate of drug-likeness (QED) is 0.847. The summed E-state index contributed by atoms with van der Waals surface area (Å²) in [6.07, 6.45) is 2.71. The number of carbonyl (C=O) groups excluding carboxylic acids is 1. The van der Waals surface area contributed by atoms with Crippen molar-refractivity contribution in [2.75, 3.05) is 7.05 Å². The predicted molar refractivity (Wildman–Crippen MR) is 90.2 cm³/mol. The van der Waals surface area contributed by atoms with Crippen LogP contribution >= 0.6 is 0 Å². The van der Waals surface area contributed by atoms with Crippen molar-refractivity contribution in [3.05, 3.63) is 35.4 Å². The van der Waals surface area contributed by atoms with Crippen LogP contribution in [0, 0.1) is 5.92 Å². The highest BCUT2D eigenvalue weighted by Crippen LogP contribution is 2.24. The molecule has 1 aliphatic rings. The normalized spacial score (nSPS) is 21.5. The van der Waals surface area contributed by atoms with Gasteiger partial charge in [0.15, 0.2) is 0 Å². The Kier molecular flexibility index (Phi) is 5.98. The molecule has 0 radical (unpaired) electrons. The highest BCUT2D eigenvalue weighted by atomic mass is 16.1. The Balaban J connectivity index is 1.86. The van der Waals surface area contributed by atoms with Gasteiger partial charge in [-0.05, 0) is 51.3 Å². The highest BCUT2D eigenvalue weighted by Gasteiger charge is 2.27. The fourth-order valence-corrected chi connectivity index (χ4v) is 2.90. The van der Waals surface area contributed by atoms with Crippen LogP contribution in [-0.4, -0.2) is 29.9 Å². The standard InChI is InChI=1S/C18H29N3O/c1-13(2)21(3)12-15-6-4-5-14(9-15)11-20-18(22)16-7-8-17(19)10-16/h4-6,9,13,16-17H,7-8,10-12,19H2,1-3H3,(H,20,22). The number of nitrogens with two attached hydrogens (primary N) is 1. The van der Waals surface area contributed by atoms with Crippen LogP contribution in [0.2, 0.25) is 0 Å². The molecule has 2 rings (SSSR count). The second-order valence-corrected chi connectivity index (χ2v) is 6.82. The van der Waals surface area contributed by atoms with E-state index in [1.807, 2.05) is 0 Å². The largest absolute Gasteiger partial charge is 0.352 e. The van der Waals surface area contributed by atoms with Gasteiger partial charge in [-0.15, -0.1) is 0 Å². The summed E-state index contributed by atoms with van der Waals surface area (Å²) in [4.78, 5) is 14.4. The van der Waals surface area contributed by atoms with Gasteiger partial charge < -0.3 is 11.1 Å². The van der Waals surface area contributed by atoms with Crippen LogP contribution in [0.3, 0.4) is 0 Å². The predicted octanol–water partition coefficient (Wildman–Crippen LogP) is 2.27.